The molecule has 1 atom stereocenters. The maximum Gasteiger partial charge on any atom is 0.257 e. The maximum absolute atomic E-state index is 12.6. The maximum atomic E-state index is 12.6. The predicted octanol–water partition coefficient (Wildman–Crippen LogP) is 7.11. The van der Waals surface area contributed by atoms with Crippen molar-refractivity contribution in [3.05, 3.63) is 76.3 Å². The number of hydrogen-bond acceptors (Lipinski definition) is 5. The Labute approximate surface area is 212 Å². The van der Waals surface area contributed by atoms with Gasteiger partial charge in [0.05, 0.1) is 11.1 Å². The molecule has 1 amide bonds. The van der Waals surface area contributed by atoms with Gasteiger partial charge in [-0.05, 0) is 80.2 Å². The van der Waals surface area contributed by atoms with Crippen molar-refractivity contribution in [2.24, 2.45) is 0 Å². The fourth-order valence-corrected chi connectivity index (χ4v) is 3.88. The zero-order valence-corrected chi connectivity index (χ0v) is 20.7. The number of halogens is 2. The first-order valence-corrected chi connectivity index (χ1v) is 11.7. The molecule has 34 heavy (non-hydrogen) atoms. The van der Waals surface area contributed by atoms with Crippen molar-refractivity contribution in [2.75, 3.05) is 5.32 Å². The van der Waals surface area contributed by atoms with Crippen LogP contribution < -0.4 is 15.4 Å². The molecule has 0 saturated heterocycles. The molecule has 0 spiro atoms. The third kappa shape index (κ3) is 5.67. The number of hydrogen-bond donors (Lipinski definition) is 2. The van der Waals surface area contributed by atoms with E-state index in [1.54, 1.807) is 42.5 Å². The summed E-state index contributed by atoms with van der Waals surface area (Å²) in [5.41, 5.74) is 2.86. The third-order valence-electron chi connectivity index (χ3n) is 5.03. The van der Waals surface area contributed by atoms with E-state index in [1.165, 1.54) is 0 Å². The molecule has 0 aliphatic rings. The standard InChI is InChI=1S/C25H21Cl2N3O3S/c1-3-14(2)32-19-9-7-15(8-10-19)23(31)30-25(34)28-18-6-4-5-16(11-18)24-29-21-13-17(26)12-20(27)22(21)33-24/h4-14H,3H2,1-2H3,(H2,28,30,31,34). The SMILES string of the molecule is CCC(C)Oc1ccc(C(=O)NC(=S)Nc2cccc(-c3nc4cc(Cl)cc(Cl)c4o3)c2)cc1. The van der Waals surface area contributed by atoms with Gasteiger partial charge in [0.2, 0.25) is 5.89 Å². The molecule has 0 fully saturated rings. The number of ether oxygens (including phenoxy) is 1. The summed E-state index contributed by atoms with van der Waals surface area (Å²) in [6, 6.07) is 17.5. The lowest BCUT2D eigenvalue weighted by Gasteiger charge is -2.13. The number of nitrogens with zero attached hydrogens (tertiary/aromatic N) is 1. The van der Waals surface area contributed by atoms with Crippen LogP contribution >= 0.6 is 35.4 Å². The normalized spacial score (nSPS) is 11.8. The number of anilines is 1. The lowest BCUT2D eigenvalue weighted by molar-refractivity contribution is 0.0977. The van der Waals surface area contributed by atoms with Crippen molar-refractivity contribution in [1.82, 2.24) is 10.3 Å². The van der Waals surface area contributed by atoms with Gasteiger partial charge in [-0.2, -0.15) is 0 Å². The third-order valence-corrected chi connectivity index (χ3v) is 5.74. The second-order valence-electron chi connectivity index (χ2n) is 7.61. The van der Waals surface area contributed by atoms with Gasteiger partial charge >= 0.3 is 0 Å². The number of nitrogens with one attached hydrogen (secondary N) is 2. The molecule has 9 heteroatoms. The zero-order chi connectivity index (χ0) is 24.2. The number of rotatable bonds is 6. The summed E-state index contributed by atoms with van der Waals surface area (Å²) in [5, 5.41) is 6.72. The molecule has 0 aliphatic heterocycles. The van der Waals surface area contributed by atoms with Crippen LogP contribution in [0.4, 0.5) is 5.69 Å². The molecule has 174 valence electrons. The molecule has 4 aromatic rings. The minimum Gasteiger partial charge on any atom is -0.491 e. The van der Waals surface area contributed by atoms with E-state index in [2.05, 4.69) is 22.5 Å². The Morgan fingerprint density at radius 2 is 1.91 bits per heavy atom. The first-order valence-electron chi connectivity index (χ1n) is 10.6. The van der Waals surface area contributed by atoms with E-state index in [0.717, 1.165) is 6.42 Å². The van der Waals surface area contributed by atoms with Gasteiger partial charge < -0.3 is 14.5 Å². The van der Waals surface area contributed by atoms with Crippen LogP contribution in [0.3, 0.4) is 0 Å². The molecule has 0 saturated carbocycles. The van der Waals surface area contributed by atoms with E-state index >= 15 is 0 Å². The van der Waals surface area contributed by atoms with E-state index in [9.17, 15) is 4.79 Å². The lowest BCUT2D eigenvalue weighted by Crippen LogP contribution is -2.34. The molecular weight excluding hydrogens is 493 g/mol. The summed E-state index contributed by atoms with van der Waals surface area (Å²) in [6.07, 6.45) is 1.01. The number of benzene rings is 3. The van der Waals surface area contributed by atoms with Crippen molar-refractivity contribution in [2.45, 2.75) is 26.4 Å². The smallest absolute Gasteiger partial charge is 0.257 e. The highest BCUT2D eigenvalue weighted by molar-refractivity contribution is 7.80. The van der Waals surface area contributed by atoms with E-state index < -0.39 is 0 Å². The fraction of sp³-hybridized carbons (Fsp3) is 0.160. The molecule has 6 nitrogen and oxygen atoms in total. The van der Waals surface area contributed by atoms with Gasteiger partial charge in [-0.3, -0.25) is 10.1 Å². The Bertz CT molecular complexity index is 1360. The van der Waals surface area contributed by atoms with Gasteiger partial charge in [0, 0.05) is 21.8 Å². The number of carbonyl (C=O) groups is 1. The number of fused-ring (bicyclic) bond motifs is 1. The second-order valence-corrected chi connectivity index (χ2v) is 8.86. The van der Waals surface area contributed by atoms with Crippen LogP contribution in [0.5, 0.6) is 5.75 Å². The minimum absolute atomic E-state index is 0.108. The molecular formula is C25H21Cl2N3O3S. The van der Waals surface area contributed by atoms with Gasteiger partial charge in [0.15, 0.2) is 10.7 Å². The summed E-state index contributed by atoms with van der Waals surface area (Å²) in [6.45, 7) is 4.05. The van der Waals surface area contributed by atoms with Crippen molar-refractivity contribution in [3.8, 4) is 17.2 Å². The molecule has 4 rings (SSSR count). The summed E-state index contributed by atoms with van der Waals surface area (Å²) in [4.78, 5) is 17.0. The number of thiocarbonyl (C=S) groups is 1. The Balaban J connectivity index is 1.42. The van der Waals surface area contributed by atoms with Crippen molar-refractivity contribution >= 4 is 63.2 Å². The lowest BCUT2D eigenvalue weighted by atomic mass is 10.2. The van der Waals surface area contributed by atoms with Crippen LogP contribution in [-0.2, 0) is 0 Å². The van der Waals surface area contributed by atoms with E-state index in [-0.39, 0.29) is 17.1 Å². The van der Waals surface area contributed by atoms with Crippen LogP contribution in [0.1, 0.15) is 30.6 Å². The zero-order valence-electron chi connectivity index (χ0n) is 18.4. The van der Waals surface area contributed by atoms with E-state index in [1.807, 2.05) is 25.1 Å². The van der Waals surface area contributed by atoms with Crippen LogP contribution in [0.2, 0.25) is 10.0 Å². The van der Waals surface area contributed by atoms with Crippen LogP contribution in [0.25, 0.3) is 22.6 Å². The number of amides is 1. The van der Waals surface area contributed by atoms with Gasteiger partial charge in [-0.1, -0.05) is 36.2 Å². The topological polar surface area (TPSA) is 76.4 Å². The number of carbonyl (C=O) groups excluding carboxylic acids is 1. The highest BCUT2D eigenvalue weighted by Crippen LogP contribution is 2.32. The number of oxazole rings is 1. The van der Waals surface area contributed by atoms with Crippen LogP contribution in [-0.4, -0.2) is 22.1 Å². The van der Waals surface area contributed by atoms with E-state index in [0.29, 0.717) is 49.6 Å². The molecule has 1 unspecified atom stereocenters. The Kier molecular flexibility index (Phi) is 7.36. The number of aromatic nitrogens is 1. The quantitative estimate of drug-likeness (QED) is 0.267. The molecule has 0 radical (unpaired) electrons. The molecule has 2 N–H and O–H groups in total. The first kappa shape index (κ1) is 24.0. The summed E-state index contributed by atoms with van der Waals surface area (Å²) in [5.74, 6) is 0.776. The monoisotopic (exact) mass is 513 g/mol. The van der Waals surface area contributed by atoms with Crippen molar-refractivity contribution < 1.29 is 13.9 Å². The average molecular weight is 514 g/mol. The Hall–Kier alpha value is -3.13. The van der Waals surface area contributed by atoms with Gasteiger partial charge in [0.1, 0.15) is 11.3 Å². The van der Waals surface area contributed by atoms with Crippen molar-refractivity contribution in [1.29, 1.82) is 0 Å². The second kappa shape index (κ2) is 10.4. The molecule has 0 bridgehead atoms. The molecule has 1 aromatic heterocycles. The van der Waals surface area contributed by atoms with Crippen LogP contribution in [0.15, 0.2) is 65.1 Å². The first-order chi connectivity index (χ1) is 16.3. The minimum atomic E-state index is -0.325. The Morgan fingerprint density at radius 3 is 2.65 bits per heavy atom. The average Bonchev–Trinajstić information content (AvgIpc) is 3.24. The molecule has 3 aromatic carbocycles. The molecule has 0 aliphatic carbocycles. The molecule has 1 heterocycles. The van der Waals surface area contributed by atoms with Gasteiger partial charge in [0.25, 0.3) is 5.91 Å². The summed E-state index contributed by atoms with van der Waals surface area (Å²) in [7, 11) is 0. The van der Waals surface area contributed by atoms with Crippen molar-refractivity contribution in [3.63, 3.8) is 0 Å². The van der Waals surface area contributed by atoms with Gasteiger partial charge in [-0.15, -0.1) is 0 Å². The largest absolute Gasteiger partial charge is 0.491 e. The van der Waals surface area contributed by atoms with E-state index in [4.69, 9.17) is 44.6 Å². The summed E-state index contributed by atoms with van der Waals surface area (Å²) < 4.78 is 11.6. The Morgan fingerprint density at radius 1 is 1.15 bits per heavy atom. The summed E-state index contributed by atoms with van der Waals surface area (Å²) >= 11 is 17.6. The predicted molar refractivity (Wildman–Crippen MR) is 140 cm³/mol. The fourth-order valence-electron chi connectivity index (χ4n) is 3.15. The highest BCUT2D eigenvalue weighted by atomic mass is 35.5. The van der Waals surface area contributed by atoms with Crippen LogP contribution in [0, 0.1) is 0 Å². The van der Waals surface area contributed by atoms with Gasteiger partial charge in [-0.25, -0.2) is 4.98 Å². The highest BCUT2D eigenvalue weighted by Gasteiger charge is 2.14.